The second kappa shape index (κ2) is 7.16. The molecule has 2 aromatic rings. The molecule has 3 rings (SSSR count). The number of carbonyl (C=O) groups excluding carboxylic acids is 4. The van der Waals surface area contributed by atoms with Crippen LogP contribution in [-0.2, 0) is 4.79 Å². The maximum absolute atomic E-state index is 12.8. The molecule has 28 heavy (non-hydrogen) atoms. The Kier molecular flexibility index (Phi) is 5.03. The molecular formula is C19H9BrF3NO4. The fourth-order valence-corrected chi connectivity index (χ4v) is 3.03. The highest BCUT2D eigenvalue weighted by molar-refractivity contribution is 9.10. The zero-order valence-corrected chi connectivity index (χ0v) is 15.3. The molecule has 0 bridgehead atoms. The van der Waals surface area contributed by atoms with Crippen molar-refractivity contribution >= 4 is 44.9 Å². The molecular weight excluding hydrogens is 443 g/mol. The lowest BCUT2D eigenvalue weighted by atomic mass is 9.86. The molecule has 0 fully saturated rings. The number of allylic oxidation sites excluding steroid dienone is 2. The van der Waals surface area contributed by atoms with Crippen LogP contribution in [0.5, 0.6) is 0 Å². The first-order valence-electron chi connectivity index (χ1n) is 7.72. The van der Waals surface area contributed by atoms with E-state index in [-0.39, 0.29) is 26.9 Å². The van der Waals surface area contributed by atoms with Crippen LogP contribution in [-0.4, -0.2) is 29.4 Å². The number of hydrogen-bond donors (Lipinski definition) is 1. The van der Waals surface area contributed by atoms with E-state index in [1.807, 2.05) is 0 Å². The molecule has 0 atom stereocenters. The first-order chi connectivity index (χ1) is 13.1. The molecule has 0 saturated heterocycles. The minimum absolute atomic E-state index is 0.0657. The second-order valence-corrected chi connectivity index (χ2v) is 6.63. The van der Waals surface area contributed by atoms with E-state index < -0.39 is 35.0 Å². The van der Waals surface area contributed by atoms with Gasteiger partial charge in [0.1, 0.15) is 0 Å². The van der Waals surface area contributed by atoms with Crippen molar-refractivity contribution in [3.8, 4) is 0 Å². The molecule has 1 aliphatic carbocycles. The number of ketones is 3. The summed E-state index contributed by atoms with van der Waals surface area (Å²) in [7, 11) is 0. The van der Waals surface area contributed by atoms with E-state index in [9.17, 15) is 32.3 Å². The lowest BCUT2D eigenvalue weighted by Gasteiger charge is -2.15. The van der Waals surface area contributed by atoms with Crippen LogP contribution in [0.1, 0.15) is 31.1 Å². The number of hydrogen-bond acceptors (Lipinski definition) is 4. The summed E-state index contributed by atoms with van der Waals surface area (Å²) in [6.45, 7) is 0. The molecule has 0 saturated carbocycles. The molecule has 9 heteroatoms. The van der Waals surface area contributed by atoms with E-state index >= 15 is 0 Å². The summed E-state index contributed by atoms with van der Waals surface area (Å²) in [6.07, 6.45) is -4.20. The highest BCUT2D eigenvalue weighted by Crippen LogP contribution is 2.29. The van der Waals surface area contributed by atoms with Crippen LogP contribution < -0.4 is 5.32 Å². The molecule has 1 aliphatic rings. The van der Waals surface area contributed by atoms with Gasteiger partial charge in [-0.3, -0.25) is 19.2 Å². The number of alkyl halides is 3. The molecule has 5 nitrogen and oxygen atoms in total. The first-order valence-corrected chi connectivity index (χ1v) is 8.51. The zero-order valence-electron chi connectivity index (χ0n) is 13.8. The van der Waals surface area contributed by atoms with Crippen molar-refractivity contribution in [2.45, 2.75) is 6.18 Å². The molecule has 0 spiro atoms. The molecule has 0 heterocycles. The first kappa shape index (κ1) is 19.7. The fraction of sp³-hybridized carbons (Fsp3) is 0.0526. The average Bonchev–Trinajstić information content (AvgIpc) is 2.65. The van der Waals surface area contributed by atoms with Crippen molar-refractivity contribution in [2.24, 2.45) is 0 Å². The smallest absolute Gasteiger partial charge is 0.318 e. The number of carbonyl (C=O) groups is 4. The number of benzene rings is 2. The molecule has 2 aromatic carbocycles. The van der Waals surface area contributed by atoms with Crippen LogP contribution in [0.15, 0.2) is 58.6 Å². The molecule has 0 aliphatic heterocycles. The Bertz CT molecular complexity index is 1070. The number of anilines is 1. The van der Waals surface area contributed by atoms with E-state index in [1.54, 1.807) is 17.4 Å². The third-order valence-corrected chi connectivity index (χ3v) is 4.62. The Hall–Kier alpha value is -3.07. The zero-order chi connectivity index (χ0) is 20.6. The monoisotopic (exact) mass is 451 g/mol. The number of fused-ring (bicyclic) bond motifs is 1. The maximum Gasteiger partial charge on any atom is 0.471 e. The van der Waals surface area contributed by atoms with Gasteiger partial charge in [-0.2, -0.15) is 13.2 Å². The Labute approximate surface area is 164 Å². The second-order valence-electron chi connectivity index (χ2n) is 5.77. The molecule has 142 valence electrons. The van der Waals surface area contributed by atoms with E-state index in [0.29, 0.717) is 0 Å². The minimum atomic E-state index is -5.10. The number of halogens is 4. The third kappa shape index (κ3) is 3.65. The van der Waals surface area contributed by atoms with E-state index in [0.717, 1.165) is 18.2 Å². The summed E-state index contributed by atoms with van der Waals surface area (Å²) in [5, 5.41) is 1.63. The van der Waals surface area contributed by atoms with Crippen LogP contribution in [0.3, 0.4) is 0 Å². The largest absolute Gasteiger partial charge is 0.471 e. The summed E-state index contributed by atoms with van der Waals surface area (Å²) in [6, 6.07) is 9.39. The average molecular weight is 452 g/mol. The van der Waals surface area contributed by atoms with Crippen molar-refractivity contribution in [2.75, 3.05) is 5.32 Å². The Morgan fingerprint density at radius 3 is 2.25 bits per heavy atom. The standard InChI is InChI=1S/C19H9BrF3NO4/c20-14-6-5-9(24-18(28)19(21,22)23)7-12(14)17(27)13-8-15(25)10-3-1-2-4-11(10)16(13)26/h1-8H,(H,24,28). The van der Waals surface area contributed by atoms with E-state index in [4.69, 9.17) is 0 Å². The van der Waals surface area contributed by atoms with Gasteiger partial charge in [-0.25, -0.2) is 0 Å². The van der Waals surface area contributed by atoms with Crippen molar-refractivity contribution in [3.05, 3.63) is 75.3 Å². The lowest BCUT2D eigenvalue weighted by molar-refractivity contribution is -0.167. The van der Waals surface area contributed by atoms with Crippen molar-refractivity contribution < 1.29 is 32.3 Å². The van der Waals surface area contributed by atoms with Crippen LogP contribution in [0.25, 0.3) is 0 Å². The van der Waals surface area contributed by atoms with E-state index in [1.165, 1.54) is 18.2 Å². The quantitative estimate of drug-likeness (QED) is 0.561. The van der Waals surface area contributed by atoms with Gasteiger partial charge in [0, 0.05) is 32.9 Å². The molecule has 0 unspecified atom stereocenters. The van der Waals surface area contributed by atoms with Crippen LogP contribution in [0, 0.1) is 0 Å². The fourth-order valence-electron chi connectivity index (χ4n) is 2.61. The molecule has 1 N–H and O–H groups in total. The summed E-state index contributed by atoms with van der Waals surface area (Å²) in [4.78, 5) is 48.7. The van der Waals surface area contributed by atoms with Crippen LogP contribution in [0.4, 0.5) is 18.9 Å². The highest BCUT2D eigenvalue weighted by Gasteiger charge is 2.39. The van der Waals surface area contributed by atoms with Gasteiger partial charge in [0.25, 0.3) is 0 Å². The Morgan fingerprint density at radius 1 is 0.964 bits per heavy atom. The van der Waals surface area contributed by atoms with Gasteiger partial charge in [0.2, 0.25) is 0 Å². The van der Waals surface area contributed by atoms with Gasteiger partial charge in [-0.1, -0.05) is 40.2 Å². The lowest BCUT2D eigenvalue weighted by Crippen LogP contribution is -2.30. The van der Waals surface area contributed by atoms with Gasteiger partial charge >= 0.3 is 12.1 Å². The minimum Gasteiger partial charge on any atom is -0.318 e. The summed E-state index contributed by atoms with van der Waals surface area (Å²) < 4.78 is 37.4. The summed E-state index contributed by atoms with van der Waals surface area (Å²) in [5.41, 5.74) is -0.648. The van der Waals surface area contributed by atoms with Gasteiger partial charge in [0.15, 0.2) is 17.3 Å². The SMILES string of the molecule is O=C(C1=CC(=O)c2ccccc2C1=O)c1cc(NC(=O)C(F)(F)F)ccc1Br. The number of amides is 1. The summed E-state index contributed by atoms with van der Waals surface area (Å²) in [5.74, 6) is -4.26. The molecule has 0 radical (unpaired) electrons. The topological polar surface area (TPSA) is 80.3 Å². The van der Waals surface area contributed by atoms with Crippen molar-refractivity contribution in [1.29, 1.82) is 0 Å². The molecule has 1 amide bonds. The van der Waals surface area contributed by atoms with E-state index in [2.05, 4.69) is 15.9 Å². The van der Waals surface area contributed by atoms with Crippen LogP contribution >= 0.6 is 15.9 Å². The third-order valence-electron chi connectivity index (χ3n) is 3.93. The number of Topliss-reactive ketones (excluding diaryl/α,β-unsaturated/α-hetero) is 2. The Balaban J connectivity index is 1.97. The number of rotatable bonds is 3. The molecule has 0 aromatic heterocycles. The highest BCUT2D eigenvalue weighted by atomic mass is 79.9. The Morgan fingerprint density at radius 2 is 1.61 bits per heavy atom. The van der Waals surface area contributed by atoms with Gasteiger partial charge in [0.05, 0.1) is 5.57 Å². The van der Waals surface area contributed by atoms with Crippen LogP contribution in [0.2, 0.25) is 0 Å². The predicted molar refractivity (Wildman–Crippen MR) is 96.3 cm³/mol. The van der Waals surface area contributed by atoms with Crippen molar-refractivity contribution in [3.63, 3.8) is 0 Å². The summed E-state index contributed by atoms with van der Waals surface area (Å²) >= 11 is 3.09. The number of nitrogens with one attached hydrogen (secondary N) is 1. The van der Waals surface area contributed by atoms with Gasteiger partial charge in [-0.05, 0) is 18.2 Å². The van der Waals surface area contributed by atoms with Gasteiger partial charge in [-0.15, -0.1) is 0 Å². The normalized spacial score (nSPS) is 13.6. The van der Waals surface area contributed by atoms with Gasteiger partial charge < -0.3 is 5.32 Å². The predicted octanol–water partition coefficient (Wildman–Crippen LogP) is 4.14. The van der Waals surface area contributed by atoms with Crippen molar-refractivity contribution in [1.82, 2.24) is 0 Å². The maximum atomic E-state index is 12.8.